The number of nitriles is 1. The number of hydrogen-bond acceptors (Lipinski definition) is 6. The van der Waals surface area contributed by atoms with Crippen molar-refractivity contribution in [2.75, 3.05) is 12.0 Å². The minimum absolute atomic E-state index is 0.00313. The van der Waals surface area contributed by atoms with Crippen LogP contribution in [-0.2, 0) is 16.3 Å². The summed E-state index contributed by atoms with van der Waals surface area (Å²) in [6.07, 6.45) is 2.60. The second kappa shape index (κ2) is 4.76. The molecule has 7 nitrogen and oxygen atoms in total. The Morgan fingerprint density at radius 2 is 2.10 bits per heavy atom. The lowest BCUT2D eigenvalue weighted by atomic mass is 10.1. The number of nitrogens with zero attached hydrogens (tertiary/aromatic N) is 4. The first-order chi connectivity index (χ1) is 9.31. The van der Waals surface area contributed by atoms with Gasteiger partial charge in [-0.25, -0.2) is 13.4 Å². The van der Waals surface area contributed by atoms with Gasteiger partial charge in [0.25, 0.3) is 0 Å². The SMILES string of the molecule is CCCc1c(C)nn2c(N)c(C#N)c(S(C)(=O)=O)nc12. The number of nitrogen functional groups attached to an aromatic ring is 1. The molecule has 0 spiro atoms. The highest BCUT2D eigenvalue weighted by molar-refractivity contribution is 7.90. The third kappa shape index (κ3) is 2.10. The molecule has 0 radical (unpaired) electrons. The van der Waals surface area contributed by atoms with Gasteiger partial charge >= 0.3 is 0 Å². The molecule has 0 saturated heterocycles. The molecule has 0 aliphatic rings. The van der Waals surface area contributed by atoms with Crippen LogP contribution in [0.1, 0.15) is 30.2 Å². The topological polar surface area (TPSA) is 114 Å². The van der Waals surface area contributed by atoms with E-state index in [1.54, 1.807) is 6.07 Å². The normalized spacial score (nSPS) is 11.7. The van der Waals surface area contributed by atoms with Crippen molar-refractivity contribution in [3.05, 3.63) is 16.8 Å². The lowest BCUT2D eigenvalue weighted by Crippen LogP contribution is -2.12. The Balaban J connectivity index is 2.97. The van der Waals surface area contributed by atoms with E-state index < -0.39 is 9.84 Å². The first-order valence-electron chi connectivity index (χ1n) is 6.09. The van der Waals surface area contributed by atoms with Crippen molar-refractivity contribution in [3.8, 4) is 6.07 Å². The molecule has 106 valence electrons. The molecule has 2 N–H and O–H groups in total. The lowest BCUT2D eigenvalue weighted by molar-refractivity contribution is 0.597. The van der Waals surface area contributed by atoms with E-state index in [9.17, 15) is 8.42 Å². The maximum Gasteiger partial charge on any atom is 0.194 e. The molecule has 0 aliphatic carbocycles. The Bertz CT molecular complexity index is 830. The number of aromatic nitrogens is 3. The minimum atomic E-state index is -3.64. The number of aryl methyl sites for hydroxylation is 2. The summed E-state index contributed by atoms with van der Waals surface area (Å²) in [5, 5.41) is 13.1. The molecule has 0 aromatic carbocycles. The zero-order chi connectivity index (χ0) is 15.1. The summed E-state index contributed by atoms with van der Waals surface area (Å²) in [5.74, 6) is 0.00313. The molecule has 8 heteroatoms. The van der Waals surface area contributed by atoms with E-state index in [1.165, 1.54) is 4.52 Å². The Labute approximate surface area is 117 Å². The standard InChI is InChI=1S/C12H15N5O2S/c1-4-5-8-7(2)16-17-10(14)9(6-13)12(15-11(8)17)20(3,18)19/h4-5,14H2,1-3H3. The van der Waals surface area contributed by atoms with Gasteiger partial charge in [-0.05, 0) is 13.3 Å². The largest absolute Gasteiger partial charge is 0.382 e. The van der Waals surface area contributed by atoms with E-state index >= 15 is 0 Å². The van der Waals surface area contributed by atoms with Crippen molar-refractivity contribution < 1.29 is 8.42 Å². The summed E-state index contributed by atoms with van der Waals surface area (Å²) < 4.78 is 24.9. The van der Waals surface area contributed by atoms with Crippen LogP contribution in [0.25, 0.3) is 5.65 Å². The highest BCUT2D eigenvalue weighted by atomic mass is 32.2. The predicted molar refractivity (Wildman–Crippen MR) is 74.0 cm³/mol. The maximum atomic E-state index is 11.8. The minimum Gasteiger partial charge on any atom is -0.382 e. The summed E-state index contributed by atoms with van der Waals surface area (Å²) in [7, 11) is -3.64. The zero-order valence-corrected chi connectivity index (χ0v) is 12.3. The Kier molecular flexibility index (Phi) is 3.39. The third-order valence-corrected chi connectivity index (χ3v) is 4.02. The van der Waals surface area contributed by atoms with Crippen molar-refractivity contribution in [1.29, 1.82) is 5.26 Å². The zero-order valence-electron chi connectivity index (χ0n) is 11.5. The van der Waals surface area contributed by atoms with Gasteiger partial charge < -0.3 is 5.73 Å². The van der Waals surface area contributed by atoms with E-state index in [4.69, 9.17) is 11.0 Å². The van der Waals surface area contributed by atoms with Gasteiger partial charge in [-0.2, -0.15) is 14.9 Å². The highest BCUT2D eigenvalue weighted by Crippen LogP contribution is 2.24. The number of hydrogen-bond donors (Lipinski definition) is 1. The van der Waals surface area contributed by atoms with Gasteiger partial charge in [-0.15, -0.1) is 0 Å². The van der Waals surface area contributed by atoms with Gasteiger partial charge in [0.15, 0.2) is 20.5 Å². The summed E-state index contributed by atoms with van der Waals surface area (Å²) in [5.41, 5.74) is 7.71. The monoisotopic (exact) mass is 293 g/mol. The predicted octanol–water partition coefficient (Wildman–Crippen LogP) is 0.848. The average molecular weight is 293 g/mol. The second-order valence-electron chi connectivity index (χ2n) is 4.61. The highest BCUT2D eigenvalue weighted by Gasteiger charge is 2.23. The fourth-order valence-corrected chi connectivity index (χ4v) is 2.89. The number of nitrogens with two attached hydrogens (primary N) is 1. The van der Waals surface area contributed by atoms with E-state index in [1.807, 2.05) is 13.8 Å². The first kappa shape index (κ1) is 14.3. The van der Waals surface area contributed by atoms with Crippen LogP contribution in [0.15, 0.2) is 5.03 Å². The lowest BCUT2D eigenvalue weighted by Gasteiger charge is -2.06. The number of sulfone groups is 1. The molecule has 2 aromatic rings. The van der Waals surface area contributed by atoms with Crippen molar-refractivity contribution in [1.82, 2.24) is 14.6 Å². The van der Waals surface area contributed by atoms with Gasteiger partial charge in [0, 0.05) is 11.8 Å². The summed E-state index contributed by atoms with van der Waals surface area (Å²) in [4.78, 5) is 4.13. The molecule has 0 amide bonds. The van der Waals surface area contributed by atoms with Gasteiger partial charge in [0.1, 0.15) is 17.5 Å². The molecule has 20 heavy (non-hydrogen) atoms. The van der Waals surface area contributed by atoms with Gasteiger partial charge in [0.2, 0.25) is 0 Å². The molecule has 2 heterocycles. The van der Waals surface area contributed by atoms with Gasteiger partial charge in [-0.1, -0.05) is 13.3 Å². The molecular weight excluding hydrogens is 278 g/mol. The second-order valence-corrected chi connectivity index (χ2v) is 6.54. The molecule has 0 saturated carbocycles. The number of rotatable bonds is 3. The summed E-state index contributed by atoms with van der Waals surface area (Å²) in [6.45, 7) is 3.82. The molecule has 2 rings (SSSR count). The number of fused-ring (bicyclic) bond motifs is 1. The quantitative estimate of drug-likeness (QED) is 0.839. The van der Waals surface area contributed by atoms with E-state index in [0.717, 1.165) is 30.4 Å². The molecule has 0 bridgehead atoms. The van der Waals surface area contributed by atoms with E-state index in [2.05, 4.69) is 10.1 Å². The summed E-state index contributed by atoms with van der Waals surface area (Å²) in [6, 6.07) is 1.80. The van der Waals surface area contributed by atoms with Crippen LogP contribution in [0.4, 0.5) is 5.82 Å². The molecular formula is C12H15N5O2S. The molecule has 0 unspecified atom stereocenters. The van der Waals surface area contributed by atoms with Crippen molar-refractivity contribution >= 4 is 21.3 Å². The Morgan fingerprint density at radius 3 is 2.60 bits per heavy atom. The van der Waals surface area contributed by atoms with Crippen molar-refractivity contribution in [2.45, 2.75) is 31.7 Å². The van der Waals surface area contributed by atoms with Crippen LogP contribution in [0, 0.1) is 18.3 Å². The fourth-order valence-electron chi connectivity index (χ4n) is 2.11. The van der Waals surface area contributed by atoms with Crippen molar-refractivity contribution in [3.63, 3.8) is 0 Å². The van der Waals surface area contributed by atoms with Crippen LogP contribution in [0.2, 0.25) is 0 Å². The fraction of sp³-hybridized carbons (Fsp3) is 0.417. The molecule has 0 aliphatic heterocycles. The maximum absolute atomic E-state index is 11.8. The number of anilines is 1. The van der Waals surface area contributed by atoms with Crippen LogP contribution >= 0.6 is 0 Å². The smallest absolute Gasteiger partial charge is 0.194 e. The Hall–Kier alpha value is -2.14. The van der Waals surface area contributed by atoms with E-state index in [0.29, 0.717) is 5.65 Å². The first-order valence-corrected chi connectivity index (χ1v) is 7.98. The molecule has 0 atom stereocenters. The van der Waals surface area contributed by atoms with Gasteiger partial charge in [0.05, 0.1) is 5.69 Å². The van der Waals surface area contributed by atoms with Crippen molar-refractivity contribution in [2.24, 2.45) is 0 Å². The van der Waals surface area contributed by atoms with E-state index in [-0.39, 0.29) is 16.4 Å². The van der Waals surface area contributed by atoms with Crippen LogP contribution in [0.5, 0.6) is 0 Å². The summed E-state index contributed by atoms with van der Waals surface area (Å²) >= 11 is 0. The third-order valence-electron chi connectivity index (χ3n) is 3.03. The molecule has 2 aromatic heterocycles. The van der Waals surface area contributed by atoms with Crippen LogP contribution in [0.3, 0.4) is 0 Å². The average Bonchev–Trinajstić information content (AvgIpc) is 2.66. The van der Waals surface area contributed by atoms with Crippen LogP contribution < -0.4 is 5.73 Å². The van der Waals surface area contributed by atoms with Gasteiger partial charge in [-0.3, -0.25) is 0 Å². The Morgan fingerprint density at radius 1 is 1.45 bits per heavy atom. The molecule has 0 fully saturated rings. The van der Waals surface area contributed by atoms with Crippen LogP contribution in [-0.4, -0.2) is 29.3 Å².